The van der Waals surface area contributed by atoms with E-state index in [1.807, 2.05) is 0 Å². The van der Waals surface area contributed by atoms with Crippen molar-refractivity contribution >= 4 is 11.1 Å². The Hall–Kier alpha value is 0.110. The average Bonchev–Trinajstić information content (AvgIpc) is 2.52. The van der Waals surface area contributed by atoms with Crippen molar-refractivity contribution in [3.8, 4) is 0 Å². The SMILES string of the molecule is COS(N)(O)OC.OC1CCCC1O. The highest BCUT2D eigenvalue weighted by molar-refractivity contribution is 8.19. The second-order valence-electron chi connectivity index (χ2n) is 2.91. The van der Waals surface area contributed by atoms with Gasteiger partial charge in [-0.05, 0) is 19.3 Å². The minimum Gasteiger partial charge on any atom is -0.390 e. The van der Waals surface area contributed by atoms with E-state index in [0.717, 1.165) is 19.3 Å². The summed E-state index contributed by atoms with van der Waals surface area (Å²) in [6.07, 6.45) is 1.67. The predicted molar refractivity (Wildman–Crippen MR) is 54.3 cm³/mol. The zero-order chi connectivity index (χ0) is 11.2. The second kappa shape index (κ2) is 6.57. The van der Waals surface area contributed by atoms with E-state index in [0.29, 0.717) is 0 Å². The van der Waals surface area contributed by atoms with Crippen LogP contribution in [0.15, 0.2) is 0 Å². The molecule has 0 aliphatic heterocycles. The first kappa shape index (κ1) is 14.1. The first-order valence-electron chi connectivity index (χ1n) is 4.23. The van der Waals surface area contributed by atoms with Gasteiger partial charge in [0.1, 0.15) is 0 Å². The van der Waals surface area contributed by atoms with Gasteiger partial charge in [-0.1, -0.05) is 0 Å². The molecule has 0 amide bonds. The second-order valence-corrected chi connectivity index (χ2v) is 4.61. The highest BCUT2D eigenvalue weighted by Crippen LogP contribution is 2.33. The fourth-order valence-corrected chi connectivity index (χ4v) is 1.13. The lowest BCUT2D eigenvalue weighted by Gasteiger charge is -2.21. The smallest absolute Gasteiger partial charge is 0.154 e. The lowest BCUT2D eigenvalue weighted by Crippen LogP contribution is -2.17. The third kappa shape index (κ3) is 5.76. The van der Waals surface area contributed by atoms with Crippen LogP contribution in [0.3, 0.4) is 0 Å². The van der Waals surface area contributed by atoms with Gasteiger partial charge in [0.15, 0.2) is 11.1 Å². The Morgan fingerprint density at radius 3 is 1.57 bits per heavy atom. The molecule has 0 radical (unpaired) electrons. The van der Waals surface area contributed by atoms with Crippen LogP contribution in [0.2, 0.25) is 0 Å². The van der Waals surface area contributed by atoms with Gasteiger partial charge in [0, 0.05) is 0 Å². The van der Waals surface area contributed by atoms with E-state index in [9.17, 15) is 0 Å². The lowest BCUT2D eigenvalue weighted by atomic mass is 10.3. The first-order chi connectivity index (χ1) is 6.43. The molecule has 6 nitrogen and oxygen atoms in total. The molecule has 1 aliphatic rings. The standard InChI is InChI=1S/C5H10O2.C2H9NO3S/c6-4-2-1-3-5(4)7;1-5-7(3,4)6-2/h4-7H,1-3H2;4H,3H2,1-2H3. The van der Waals surface area contributed by atoms with Crippen LogP contribution in [-0.4, -0.2) is 41.2 Å². The summed E-state index contributed by atoms with van der Waals surface area (Å²) in [5.74, 6) is 0. The number of aliphatic hydroxyl groups excluding tert-OH is 2. The third-order valence-electron chi connectivity index (χ3n) is 1.92. The molecule has 1 rings (SSSR count). The van der Waals surface area contributed by atoms with Gasteiger partial charge in [-0.15, -0.1) is 0 Å². The van der Waals surface area contributed by atoms with Crippen molar-refractivity contribution in [1.82, 2.24) is 0 Å². The summed E-state index contributed by atoms with van der Waals surface area (Å²) in [6, 6.07) is 0. The molecule has 0 saturated heterocycles. The fraction of sp³-hybridized carbons (Fsp3) is 1.00. The molecule has 0 aromatic rings. The van der Waals surface area contributed by atoms with E-state index in [2.05, 4.69) is 8.37 Å². The van der Waals surface area contributed by atoms with Gasteiger partial charge < -0.3 is 10.2 Å². The molecule has 1 aliphatic carbocycles. The van der Waals surface area contributed by atoms with E-state index in [1.165, 1.54) is 14.2 Å². The topological polar surface area (TPSA) is 105 Å². The molecule has 7 heteroatoms. The molecule has 14 heavy (non-hydrogen) atoms. The minimum absolute atomic E-state index is 0.431. The largest absolute Gasteiger partial charge is 0.390 e. The molecule has 0 aromatic carbocycles. The molecule has 0 heterocycles. The van der Waals surface area contributed by atoms with Gasteiger partial charge in [-0.2, -0.15) is 0 Å². The Balaban J connectivity index is 0.000000241. The summed E-state index contributed by atoms with van der Waals surface area (Å²) in [5.41, 5.74) is 0. The number of aliphatic hydroxyl groups is 2. The Morgan fingerprint density at radius 1 is 1.14 bits per heavy atom. The molecular formula is C7H19NO5S. The summed E-state index contributed by atoms with van der Waals surface area (Å²) in [5, 5.41) is 22.4. The number of hydrogen-bond acceptors (Lipinski definition) is 6. The summed E-state index contributed by atoms with van der Waals surface area (Å²) in [4.78, 5) is 0. The van der Waals surface area contributed by atoms with Gasteiger partial charge in [0.05, 0.1) is 26.4 Å². The quantitative estimate of drug-likeness (QED) is 0.537. The minimum atomic E-state index is -2.66. The normalized spacial score (nSPS) is 28.1. The van der Waals surface area contributed by atoms with Crippen LogP contribution in [0.5, 0.6) is 0 Å². The van der Waals surface area contributed by atoms with Gasteiger partial charge >= 0.3 is 0 Å². The molecule has 0 spiro atoms. The Kier molecular flexibility index (Phi) is 6.62. The lowest BCUT2D eigenvalue weighted by molar-refractivity contribution is 0.0438. The maximum Gasteiger partial charge on any atom is 0.154 e. The molecular weight excluding hydrogens is 210 g/mol. The van der Waals surface area contributed by atoms with Gasteiger partial charge in [-0.3, -0.25) is 12.9 Å². The number of hydrogen-bond donors (Lipinski definition) is 4. The van der Waals surface area contributed by atoms with E-state index < -0.39 is 23.3 Å². The molecule has 0 aromatic heterocycles. The van der Waals surface area contributed by atoms with Crippen LogP contribution in [0.25, 0.3) is 0 Å². The number of rotatable bonds is 2. The van der Waals surface area contributed by atoms with Crippen LogP contribution < -0.4 is 5.14 Å². The highest BCUT2D eigenvalue weighted by atomic mass is 32.3. The molecule has 2 unspecified atom stereocenters. The number of nitrogens with two attached hydrogens (primary N) is 1. The van der Waals surface area contributed by atoms with Crippen LogP contribution >= 0.6 is 11.1 Å². The van der Waals surface area contributed by atoms with E-state index in [1.54, 1.807) is 0 Å². The van der Waals surface area contributed by atoms with Crippen LogP contribution in [0.1, 0.15) is 19.3 Å². The maximum atomic E-state index is 8.75. The van der Waals surface area contributed by atoms with Crippen LogP contribution in [0.4, 0.5) is 0 Å². The maximum absolute atomic E-state index is 8.75. The van der Waals surface area contributed by atoms with E-state index >= 15 is 0 Å². The van der Waals surface area contributed by atoms with Gasteiger partial charge in [0.25, 0.3) is 0 Å². The van der Waals surface area contributed by atoms with Crippen molar-refractivity contribution < 1.29 is 23.1 Å². The molecule has 5 N–H and O–H groups in total. The van der Waals surface area contributed by atoms with E-state index in [4.69, 9.17) is 19.9 Å². The van der Waals surface area contributed by atoms with Gasteiger partial charge in [0.2, 0.25) is 0 Å². The molecule has 0 bridgehead atoms. The zero-order valence-corrected chi connectivity index (χ0v) is 9.24. The van der Waals surface area contributed by atoms with Crippen molar-refractivity contribution in [3.05, 3.63) is 0 Å². The Bertz CT molecular complexity index is 143. The molecule has 1 fully saturated rings. The highest BCUT2D eigenvalue weighted by Gasteiger charge is 2.21. The summed E-state index contributed by atoms with van der Waals surface area (Å²) >= 11 is -2.66. The average molecular weight is 229 g/mol. The van der Waals surface area contributed by atoms with Crippen molar-refractivity contribution in [2.45, 2.75) is 31.5 Å². The Morgan fingerprint density at radius 2 is 1.50 bits per heavy atom. The van der Waals surface area contributed by atoms with Crippen molar-refractivity contribution in [2.75, 3.05) is 14.2 Å². The summed E-state index contributed by atoms with van der Waals surface area (Å²) in [7, 11) is 2.55. The van der Waals surface area contributed by atoms with Crippen molar-refractivity contribution in [3.63, 3.8) is 0 Å². The molecule has 2 atom stereocenters. The van der Waals surface area contributed by atoms with Gasteiger partial charge in [-0.25, -0.2) is 5.14 Å². The van der Waals surface area contributed by atoms with Crippen molar-refractivity contribution in [1.29, 1.82) is 0 Å². The van der Waals surface area contributed by atoms with Crippen molar-refractivity contribution in [2.24, 2.45) is 5.14 Å². The Labute approximate surface area is 85.7 Å². The van der Waals surface area contributed by atoms with E-state index in [-0.39, 0.29) is 0 Å². The predicted octanol–water partition coefficient (Wildman–Crippen LogP) is 0.153. The van der Waals surface area contributed by atoms with Crippen LogP contribution in [-0.2, 0) is 8.37 Å². The monoisotopic (exact) mass is 229 g/mol. The molecule has 1 saturated carbocycles. The third-order valence-corrected chi connectivity index (χ3v) is 2.88. The van der Waals surface area contributed by atoms with Crippen LogP contribution in [0, 0.1) is 0 Å². The fourth-order valence-electron chi connectivity index (χ4n) is 0.989. The first-order valence-corrected chi connectivity index (χ1v) is 5.74. The summed E-state index contributed by atoms with van der Waals surface area (Å²) < 4.78 is 17.1. The summed E-state index contributed by atoms with van der Waals surface area (Å²) in [6.45, 7) is 0. The molecule has 88 valence electrons. The zero-order valence-electron chi connectivity index (χ0n) is 8.42.